The van der Waals surface area contributed by atoms with Crippen LogP contribution in [-0.2, 0) is 38.5 Å². The zero-order valence-electron chi connectivity index (χ0n) is 26.3. The number of phenolic OH excluding ortho intramolecular Hbond substituents is 2. The molecule has 1 saturated carbocycles. The molecule has 6 atom stereocenters. The van der Waals surface area contributed by atoms with Gasteiger partial charge in [0.1, 0.15) is 12.2 Å². The van der Waals surface area contributed by atoms with Crippen molar-refractivity contribution in [3.05, 3.63) is 82.4 Å². The maximum absolute atomic E-state index is 13.3. The van der Waals surface area contributed by atoms with Crippen molar-refractivity contribution < 1.29 is 49.0 Å². The quantitative estimate of drug-likeness (QED) is 0.247. The summed E-state index contributed by atoms with van der Waals surface area (Å²) in [5.41, 5.74) is 3.98. The Hall–Kier alpha value is -4.28. The lowest BCUT2D eigenvalue weighted by Crippen LogP contribution is -2.45. The summed E-state index contributed by atoms with van der Waals surface area (Å²) in [6.45, 7) is 1.03. The predicted molar refractivity (Wildman–Crippen MR) is 168 cm³/mol. The van der Waals surface area contributed by atoms with E-state index in [0.29, 0.717) is 41.9 Å². The molecule has 0 amide bonds. The maximum atomic E-state index is 13.3. The molecule has 0 radical (unpaired) electrons. The van der Waals surface area contributed by atoms with Crippen LogP contribution < -0.4 is 9.47 Å². The summed E-state index contributed by atoms with van der Waals surface area (Å²) in [6.07, 6.45) is 0.456. The molecule has 2 aliphatic rings. The first kappa shape index (κ1) is 33.1. The highest BCUT2D eigenvalue weighted by Crippen LogP contribution is 2.51. The second-order valence-electron chi connectivity index (χ2n) is 12.3. The standard InChI is InChI=1S/C36H42O10/c1-20(39)45-33-16-26(46-36(42)10-21-5-4-6-22(9-21)18-37)11-24(23-7-8-31(40)34(14-23)43-2)12-28-29(33)13-25-15-35(44-3)32(41)17-27(25)30(28)19-38/h4-9,14-15,17,24,26,28-30,33,37-38,40-41H,10-13,16,18-19H2,1-3H3/t24-,26+,28+,29+,30+,33+/m1/s1. The number of rotatable bonds is 9. The maximum Gasteiger partial charge on any atom is 0.310 e. The highest BCUT2D eigenvalue weighted by molar-refractivity contribution is 5.73. The van der Waals surface area contributed by atoms with Gasteiger partial charge in [0.05, 0.1) is 33.9 Å². The number of carbonyl (C=O) groups excluding carboxylic acids is 2. The number of aromatic hydroxyl groups is 2. The molecule has 2 aliphatic carbocycles. The highest BCUT2D eigenvalue weighted by atomic mass is 16.6. The minimum atomic E-state index is -0.619. The van der Waals surface area contributed by atoms with Crippen molar-refractivity contribution >= 4 is 11.9 Å². The van der Waals surface area contributed by atoms with E-state index < -0.39 is 24.1 Å². The third kappa shape index (κ3) is 7.24. The second kappa shape index (κ2) is 14.4. The number of esters is 2. The summed E-state index contributed by atoms with van der Waals surface area (Å²) in [5, 5.41) is 41.3. The van der Waals surface area contributed by atoms with E-state index in [2.05, 4.69) is 0 Å². The molecular weight excluding hydrogens is 592 g/mol. The van der Waals surface area contributed by atoms with Crippen LogP contribution in [0.1, 0.15) is 65.8 Å². The number of hydrogen-bond donors (Lipinski definition) is 4. The van der Waals surface area contributed by atoms with Gasteiger partial charge in [0.25, 0.3) is 0 Å². The molecule has 5 rings (SSSR count). The number of benzene rings is 3. The molecule has 0 unspecified atom stereocenters. The van der Waals surface area contributed by atoms with E-state index in [4.69, 9.17) is 18.9 Å². The number of hydrogen-bond acceptors (Lipinski definition) is 10. The minimum Gasteiger partial charge on any atom is -0.504 e. The Bertz CT molecular complexity index is 1550. The van der Waals surface area contributed by atoms with Gasteiger partial charge in [-0.2, -0.15) is 0 Å². The molecule has 0 saturated heterocycles. The third-order valence-corrected chi connectivity index (χ3v) is 9.45. The van der Waals surface area contributed by atoms with Crippen molar-refractivity contribution in [2.45, 2.75) is 69.7 Å². The van der Waals surface area contributed by atoms with Gasteiger partial charge in [-0.05, 0) is 83.2 Å². The number of ether oxygens (including phenoxy) is 4. The van der Waals surface area contributed by atoms with Crippen LogP contribution >= 0.6 is 0 Å². The Kier molecular flexibility index (Phi) is 10.4. The Labute approximate surface area is 268 Å². The molecule has 4 N–H and O–H groups in total. The van der Waals surface area contributed by atoms with Crippen molar-refractivity contribution in [3.8, 4) is 23.0 Å². The molecule has 0 aromatic heterocycles. The third-order valence-electron chi connectivity index (χ3n) is 9.45. The summed E-state index contributed by atoms with van der Waals surface area (Å²) in [5.74, 6) is -1.25. The van der Waals surface area contributed by atoms with Crippen LogP contribution in [0.25, 0.3) is 0 Å². The minimum absolute atomic E-state index is 0.00207. The molecule has 0 heterocycles. The average Bonchev–Trinajstić information content (AvgIpc) is 3.02. The van der Waals surface area contributed by atoms with E-state index in [1.165, 1.54) is 21.1 Å². The summed E-state index contributed by atoms with van der Waals surface area (Å²) in [6, 6.07) is 15.7. The number of aliphatic hydroxyl groups is 2. The number of fused-ring (bicyclic) bond motifs is 2. The lowest BCUT2D eigenvalue weighted by atomic mass is 9.61. The topological polar surface area (TPSA) is 152 Å². The van der Waals surface area contributed by atoms with Crippen LogP contribution in [0.3, 0.4) is 0 Å². The van der Waals surface area contributed by atoms with E-state index in [1.807, 2.05) is 6.07 Å². The monoisotopic (exact) mass is 634 g/mol. The molecule has 246 valence electrons. The molecule has 0 aliphatic heterocycles. The first-order valence-electron chi connectivity index (χ1n) is 15.6. The normalized spacial score (nSPS) is 24.0. The Morgan fingerprint density at radius 1 is 0.826 bits per heavy atom. The van der Waals surface area contributed by atoms with Crippen LogP contribution in [0.4, 0.5) is 0 Å². The van der Waals surface area contributed by atoms with Gasteiger partial charge >= 0.3 is 11.9 Å². The van der Waals surface area contributed by atoms with Crippen molar-refractivity contribution in [1.82, 2.24) is 0 Å². The van der Waals surface area contributed by atoms with Crippen LogP contribution in [0.2, 0.25) is 0 Å². The van der Waals surface area contributed by atoms with Crippen LogP contribution in [0.5, 0.6) is 23.0 Å². The molecule has 0 spiro atoms. The predicted octanol–water partition coefficient (Wildman–Crippen LogP) is 4.53. The smallest absolute Gasteiger partial charge is 0.310 e. The van der Waals surface area contributed by atoms with Gasteiger partial charge in [0.2, 0.25) is 0 Å². The zero-order chi connectivity index (χ0) is 33.0. The fourth-order valence-electron chi connectivity index (χ4n) is 7.40. The second-order valence-corrected chi connectivity index (χ2v) is 12.3. The van der Waals surface area contributed by atoms with E-state index in [-0.39, 0.29) is 61.2 Å². The summed E-state index contributed by atoms with van der Waals surface area (Å²) >= 11 is 0. The lowest BCUT2D eigenvalue weighted by molar-refractivity contribution is -0.160. The number of carbonyl (C=O) groups is 2. The summed E-state index contributed by atoms with van der Waals surface area (Å²) < 4.78 is 22.9. The van der Waals surface area contributed by atoms with Crippen LogP contribution in [-0.4, -0.2) is 65.4 Å². The highest BCUT2D eigenvalue weighted by Gasteiger charge is 2.46. The molecule has 3 aromatic rings. The van der Waals surface area contributed by atoms with Gasteiger partial charge < -0.3 is 39.4 Å². The Morgan fingerprint density at radius 3 is 2.26 bits per heavy atom. The van der Waals surface area contributed by atoms with Gasteiger partial charge in [-0.1, -0.05) is 30.3 Å². The van der Waals surface area contributed by atoms with Gasteiger partial charge in [-0.25, -0.2) is 0 Å². The first-order valence-corrected chi connectivity index (χ1v) is 15.6. The summed E-state index contributed by atoms with van der Waals surface area (Å²) in [7, 11) is 2.96. The van der Waals surface area contributed by atoms with Crippen molar-refractivity contribution in [3.63, 3.8) is 0 Å². The van der Waals surface area contributed by atoms with Crippen molar-refractivity contribution in [2.24, 2.45) is 11.8 Å². The van der Waals surface area contributed by atoms with Gasteiger partial charge in [0.15, 0.2) is 23.0 Å². The molecule has 46 heavy (non-hydrogen) atoms. The largest absolute Gasteiger partial charge is 0.504 e. The van der Waals surface area contributed by atoms with E-state index in [9.17, 15) is 30.0 Å². The van der Waals surface area contributed by atoms with Crippen molar-refractivity contribution in [1.29, 1.82) is 0 Å². The Balaban J connectivity index is 1.54. The van der Waals surface area contributed by atoms with Gasteiger partial charge in [-0.15, -0.1) is 0 Å². The number of methoxy groups -OCH3 is 2. The molecule has 1 fully saturated rings. The van der Waals surface area contributed by atoms with Gasteiger partial charge in [0, 0.05) is 25.2 Å². The van der Waals surface area contributed by atoms with Crippen molar-refractivity contribution in [2.75, 3.05) is 20.8 Å². The van der Waals surface area contributed by atoms with Crippen LogP contribution in [0.15, 0.2) is 54.6 Å². The van der Waals surface area contributed by atoms with Crippen LogP contribution in [0, 0.1) is 11.8 Å². The molecular formula is C36H42O10. The number of aliphatic hydroxyl groups excluding tert-OH is 2. The van der Waals surface area contributed by atoms with E-state index in [1.54, 1.807) is 48.5 Å². The van der Waals surface area contributed by atoms with Gasteiger partial charge in [-0.3, -0.25) is 9.59 Å². The Morgan fingerprint density at radius 2 is 1.57 bits per heavy atom. The van der Waals surface area contributed by atoms with E-state index in [0.717, 1.165) is 16.7 Å². The molecule has 10 heteroatoms. The molecule has 0 bridgehead atoms. The molecule has 3 aromatic carbocycles. The fourth-order valence-corrected chi connectivity index (χ4v) is 7.40. The molecule has 10 nitrogen and oxygen atoms in total. The summed E-state index contributed by atoms with van der Waals surface area (Å²) in [4.78, 5) is 25.8. The number of phenols is 2. The fraction of sp³-hybridized carbons (Fsp3) is 0.444. The average molecular weight is 635 g/mol. The first-order chi connectivity index (χ1) is 22.1. The zero-order valence-corrected chi connectivity index (χ0v) is 26.3. The lowest BCUT2D eigenvalue weighted by Gasteiger charge is -2.46. The SMILES string of the molecule is COc1cc([C@@H]2C[C@H](OC(=O)Cc3cccc(CO)c3)C[C@H](OC(C)=O)[C@H]3Cc4cc(OC)c(O)cc4[C@H](CO)[C@H]3C2)ccc1O. The van der Waals surface area contributed by atoms with E-state index >= 15 is 0 Å².